The standard InChI is InChI=1S/C15H25NO2Si/c1-19(2,3)13-12-18-15(17)10-5-4-8-14-9-6-7-11-16-14/h6-7,9,11H,4-5,8,10,12-13H2,1-3H3. The Morgan fingerprint density at radius 3 is 2.68 bits per heavy atom. The molecule has 0 saturated carbocycles. The van der Waals surface area contributed by atoms with Crippen LogP contribution in [0.15, 0.2) is 24.4 Å². The molecule has 0 N–H and O–H groups in total. The van der Waals surface area contributed by atoms with Crippen molar-refractivity contribution in [3.8, 4) is 0 Å². The van der Waals surface area contributed by atoms with Gasteiger partial charge in [-0.1, -0.05) is 25.7 Å². The van der Waals surface area contributed by atoms with Crippen LogP contribution in [0.4, 0.5) is 0 Å². The van der Waals surface area contributed by atoms with Crippen LogP contribution in [0.1, 0.15) is 25.0 Å². The van der Waals surface area contributed by atoms with Crippen molar-refractivity contribution in [1.82, 2.24) is 4.98 Å². The number of esters is 1. The van der Waals surface area contributed by atoms with E-state index in [0.29, 0.717) is 13.0 Å². The highest BCUT2D eigenvalue weighted by molar-refractivity contribution is 6.76. The van der Waals surface area contributed by atoms with Gasteiger partial charge in [-0.2, -0.15) is 0 Å². The van der Waals surface area contributed by atoms with Gasteiger partial charge >= 0.3 is 5.97 Å². The van der Waals surface area contributed by atoms with Gasteiger partial charge < -0.3 is 4.74 Å². The van der Waals surface area contributed by atoms with Crippen LogP contribution in [0.3, 0.4) is 0 Å². The van der Waals surface area contributed by atoms with E-state index in [4.69, 9.17) is 4.74 Å². The van der Waals surface area contributed by atoms with Crippen LogP contribution in [-0.4, -0.2) is 25.6 Å². The predicted molar refractivity (Wildman–Crippen MR) is 80.9 cm³/mol. The van der Waals surface area contributed by atoms with E-state index in [1.54, 1.807) is 6.20 Å². The zero-order valence-electron chi connectivity index (χ0n) is 12.3. The minimum absolute atomic E-state index is 0.0562. The van der Waals surface area contributed by atoms with Gasteiger partial charge in [0.2, 0.25) is 0 Å². The molecule has 106 valence electrons. The van der Waals surface area contributed by atoms with E-state index in [9.17, 15) is 4.79 Å². The van der Waals surface area contributed by atoms with Crippen molar-refractivity contribution >= 4 is 14.0 Å². The molecule has 1 heterocycles. The number of hydrogen-bond donors (Lipinski definition) is 0. The number of pyridine rings is 1. The molecule has 1 aromatic heterocycles. The molecule has 0 aliphatic carbocycles. The van der Waals surface area contributed by atoms with E-state index in [1.807, 2.05) is 18.2 Å². The second-order valence-corrected chi connectivity index (χ2v) is 11.7. The predicted octanol–water partition coefficient (Wildman–Crippen LogP) is 3.68. The zero-order chi connectivity index (χ0) is 14.1. The van der Waals surface area contributed by atoms with Gasteiger partial charge in [-0.25, -0.2) is 0 Å². The van der Waals surface area contributed by atoms with Gasteiger partial charge in [-0.15, -0.1) is 0 Å². The second kappa shape index (κ2) is 8.10. The number of hydrogen-bond acceptors (Lipinski definition) is 3. The lowest BCUT2D eigenvalue weighted by molar-refractivity contribution is -0.143. The van der Waals surface area contributed by atoms with Crippen LogP contribution < -0.4 is 0 Å². The SMILES string of the molecule is C[Si](C)(C)CCOC(=O)CCCCc1ccccn1. The Kier molecular flexibility index (Phi) is 6.77. The Bertz CT molecular complexity index is 373. The Morgan fingerprint density at radius 2 is 2.05 bits per heavy atom. The highest BCUT2D eigenvalue weighted by atomic mass is 28.3. The number of carbonyl (C=O) groups is 1. The van der Waals surface area contributed by atoms with E-state index in [-0.39, 0.29) is 5.97 Å². The third-order valence-corrected chi connectivity index (χ3v) is 4.61. The third kappa shape index (κ3) is 8.54. The van der Waals surface area contributed by atoms with Crippen LogP contribution in [-0.2, 0) is 16.0 Å². The molecular formula is C15H25NO2Si. The summed E-state index contributed by atoms with van der Waals surface area (Å²) in [5, 5.41) is 0. The topological polar surface area (TPSA) is 39.2 Å². The summed E-state index contributed by atoms with van der Waals surface area (Å²) in [5.41, 5.74) is 1.09. The van der Waals surface area contributed by atoms with E-state index in [2.05, 4.69) is 24.6 Å². The summed E-state index contributed by atoms with van der Waals surface area (Å²) < 4.78 is 5.25. The lowest BCUT2D eigenvalue weighted by Crippen LogP contribution is -2.22. The molecule has 0 unspecified atom stereocenters. The first kappa shape index (κ1) is 15.9. The molecule has 0 spiro atoms. The van der Waals surface area contributed by atoms with Crippen molar-refractivity contribution in [2.24, 2.45) is 0 Å². The fourth-order valence-electron chi connectivity index (χ4n) is 1.66. The molecule has 19 heavy (non-hydrogen) atoms. The second-order valence-electron chi connectivity index (χ2n) is 6.06. The number of rotatable bonds is 8. The summed E-state index contributed by atoms with van der Waals surface area (Å²) in [6.45, 7) is 7.45. The maximum atomic E-state index is 11.5. The fraction of sp³-hybridized carbons (Fsp3) is 0.600. The van der Waals surface area contributed by atoms with E-state index in [0.717, 1.165) is 31.0 Å². The molecule has 0 amide bonds. The molecule has 0 saturated heterocycles. The minimum Gasteiger partial charge on any atom is -0.466 e. The Morgan fingerprint density at radius 1 is 1.26 bits per heavy atom. The lowest BCUT2D eigenvalue weighted by Gasteiger charge is -2.15. The van der Waals surface area contributed by atoms with Crippen molar-refractivity contribution in [1.29, 1.82) is 0 Å². The van der Waals surface area contributed by atoms with Gasteiger partial charge in [-0.3, -0.25) is 9.78 Å². The number of nitrogens with zero attached hydrogens (tertiary/aromatic N) is 1. The van der Waals surface area contributed by atoms with E-state index >= 15 is 0 Å². The summed E-state index contributed by atoms with van der Waals surface area (Å²) in [6, 6.07) is 6.98. The number of aromatic nitrogens is 1. The zero-order valence-corrected chi connectivity index (χ0v) is 13.3. The molecule has 0 fully saturated rings. The summed E-state index contributed by atoms with van der Waals surface area (Å²) in [6.07, 6.45) is 5.13. The molecule has 0 aromatic carbocycles. The number of ether oxygens (including phenoxy) is 1. The molecule has 1 aromatic rings. The van der Waals surface area contributed by atoms with Gasteiger partial charge in [0.25, 0.3) is 0 Å². The molecule has 1 rings (SSSR count). The van der Waals surface area contributed by atoms with Crippen molar-refractivity contribution in [2.75, 3.05) is 6.61 Å². The van der Waals surface area contributed by atoms with Crippen molar-refractivity contribution in [3.05, 3.63) is 30.1 Å². The van der Waals surface area contributed by atoms with Gasteiger partial charge in [-0.05, 0) is 37.4 Å². The quantitative estimate of drug-likeness (QED) is 0.414. The molecule has 4 heteroatoms. The summed E-state index contributed by atoms with van der Waals surface area (Å²) in [4.78, 5) is 15.8. The summed E-state index contributed by atoms with van der Waals surface area (Å²) in [5.74, 6) is -0.0562. The maximum absolute atomic E-state index is 11.5. The van der Waals surface area contributed by atoms with E-state index in [1.165, 1.54) is 0 Å². The van der Waals surface area contributed by atoms with Crippen molar-refractivity contribution in [3.63, 3.8) is 0 Å². The fourth-order valence-corrected chi connectivity index (χ4v) is 2.38. The van der Waals surface area contributed by atoms with Crippen LogP contribution in [0.5, 0.6) is 0 Å². The van der Waals surface area contributed by atoms with Gasteiger partial charge in [0.05, 0.1) is 6.61 Å². The summed E-state index contributed by atoms with van der Waals surface area (Å²) >= 11 is 0. The first-order valence-electron chi connectivity index (χ1n) is 7.03. The van der Waals surface area contributed by atoms with Crippen molar-refractivity contribution < 1.29 is 9.53 Å². The molecule has 0 aliphatic rings. The minimum atomic E-state index is -1.09. The number of carbonyl (C=O) groups excluding carboxylic acids is 1. The number of aryl methyl sites for hydroxylation is 1. The third-order valence-electron chi connectivity index (χ3n) is 2.91. The van der Waals surface area contributed by atoms with Crippen LogP contribution in [0.25, 0.3) is 0 Å². The largest absolute Gasteiger partial charge is 0.466 e. The first-order chi connectivity index (χ1) is 8.97. The van der Waals surface area contributed by atoms with Gasteiger partial charge in [0.1, 0.15) is 0 Å². The Balaban J connectivity index is 2.05. The highest BCUT2D eigenvalue weighted by Crippen LogP contribution is 2.09. The van der Waals surface area contributed by atoms with E-state index < -0.39 is 8.07 Å². The van der Waals surface area contributed by atoms with Crippen LogP contribution in [0.2, 0.25) is 25.7 Å². The van der Waals surface area contributed by atoms with Crippen molar-refractivity contribution in [2.45, 2.75) is 51.4 Å². The van der Waals surface area contributed by atoms with Crippen LogP contribution >= 0.6 is 0 Å². The lowest BCUT2D eigenvalue weighted by atomic mass is 10.1. The molecule has 3 nitrogen and oxygen atoms in total. The Hall–Kier alpha value is -1.16. The molecule has 0 atom stereocenters. The highest BCUT2D eigenvalue weighted by Gasteiger charge is 2.13. The molecular weight excluding hydrogens is 254 g/mol. The van der Waals surface area contributed by atoms with Crippen LogP contribution in [0, 0.1) is 0 Å². The molecule has 0 bridgehead atoms. The monoisotopic (exact) mass is 279 g/mol. The summed E-state index contributed by atoms with van der Waals surface area (Å²) in [7, 11) is -1.09. The maximum Gasteiger partial charge on any atom is 0.305 e. The smallest absolute Gasteiger partial charge is 0.305 e. The van der Waals surface area contributed by atoms with Gasteiger partial charge in [0, 0.05) is 26.4 Å². The first-order valence-corrected chi connectivity index (χ1v) is 10.7. The molecule has 0 radical (unpaired) electrons. The van der Waals surface area contributed by atoms with Gasteiger partial charge in [0.15, 0.2) is 0 Å². The molecule has 0 aliphatic heterocycles. The average molecular weight is 279 g/mol. The normalized spacial score (nSPS) is 11.3. The average Bonchev–Trinajstić information content (AvgIpc) is 2.34. The Labute approximate surface area is 117 Å². The number of unbranched alkanes of at least 4 members (excludes halogenated alkanes) is 1.